The molecule has 70 valence electrons. The second-order valence-electron chi connectivity index (χ2n) is 3.01. The molecule has 3 nitrogen and oxygen atoms in total. The second-order valence-corrected chi connectivity index (χ2v) is 3.01. The van der Waals surface area contributed by atoms with Gasteiger partial charge in [0.15, 0.2) is 6.29 Å². The number of aromatic hydroxyl groups is 1. The molecule has 3 heteroatoms. The van der Waals surface area contributed by atoms with Gasteiger partial charge in [0.25, 0.3) is 0 Å². The van der Waals surface area contributed by atoms with Gasteiger partial charge in [-0.25, -0.2) is 0 Å². The van der Waals surface area contributed by atoms with Crippen LogP contribution >= 0.6 is 0 Å². The number of rotatable bonds is 2. The molecule has 1 aromatic rings. The molecule has 1 rings (SSSR count). The molecule has 0 aromatic heterocycles. The monoisotopic (exact) mass is 180 g/mol. The molecule has 1 unspecified atom stereocenters. The summed E-state index contributed by atoms with van der Waals surface area (Å²) >= 11 is 0. The molecular weight excluding hydrogens is 168 g/mol. The van der Waals surface area contributed by atoms with E-state index in [1.165, 1.54) is 6.07 Å². The van der Waals surface area contributed by atoms with Crippen molar-refractivity contribution in [2.24, 2.45) is 0 Å². The smallest absolute Gasteiger partial charge is 0.150 e. The van der Waals surface area contributed by atoms with Crippen LogP contribution in [0.5, 0.6) is 5.75 Å². The maximum Gasteiger partial charge on any atom is 0.150 e. The first-order valence-corrected chi connectivity index (χ1v) is 4.03. The van der Waals surface area contributed by atoms with Crippen molar-refractivity contribution in [2.45, 2.75) is 20.0 Å². The molecule has 0 fully saturated rings. The Balaban J connectivity index is 3.38. The summed E-state index contributed by atoms with van der Waals surface area (Å²) in [5.74, 6) is 0.0755. The SMILES string of the molecule is Cc1c(O)ccc(C(C)O)c1C=O. The summed E-state index contributed by atoms with van der Waals surface area (Å²) in [6.45, 7) is 3.23. The number of phenolic OH excluding ortho intramolecular Hbond substituents is 1. The number of carbonyl (C=O) groups excluding carboxylic acids is 1. The van der Waals surface area contributed by atoms with E-state index in [2.05, 4.69) is 0 Å². The molecule has 0 saturated heterocycles. The van der Waals surface area contributed by atoms with Crippen molar-refractivity contribution in [3.8, 4) is 5.75 Å². The predicted octanol–water partition coefficient (Wildman–Crippen LogP) is 1.57. The molecule has 1 aromatic carbocycles. The minimum atomic E-state index is -0.695. The van der Waals surface area contributed by atoms with Crippen LogP contribution in [0.3, 0.4) is 0 Å². The summed E-state index contributed by atoms with van der Waals surface area (Å²) in [4.78, 5) is 10.7. The van der Waals surface area contributed by atoms with Gasteiger partial charge < -0.3 is 10.2 Å². The van der Waals surface area contributed by atoms with E-state index in [9.17, 15) is 15.0 Å². The number of aliphatic hydroxyl groups excluding tert-OH is 1. The minimum absolute atomic E-state index is 0.0755. The van der Waals surface area contributed by atoms with Crippen molar-refractivity contribution in [3.05, 3.63) is 28.8 Å². The minimum Gasteiger partial charge on any atom is -0.508 e. The zero-order valence-electron chi connectivity index (χ0n) is 7.61. The third-order valence-corrected chi connectivity index (χ3v) is 2.09. The van der Waals surface area contributed by atoms with Crippen LogP contribution in [0.2, 0.25) is 0 Å². The van der Waals surface area contributed by atoms with Gasteiger partial charge >= 0.3 is 0 Å². The van der Waals surface area contributed by atoms with Crippen LogP contribution in [0, 0.1) is 6.92 Å². The first-order valence-electron chi connectivity index (χ1n) is 4.03. The molecule has 0 aliphatic rings. The average Bonchev–Trinajstić information content (AvgIpc) is 2.09. The van der Waals surface area contributed by atoms with Gasteiger partial charge in [0.1, 0.15) is 5.75 Å². The van der Waals surface area contributed by atoms with Gasteiger partial charge in [0, 0.05) is 11.1 Å². The second kappa shape index (κ2) is 3.58. The third kappa shape index (κ3) is 1.70. The highest BCUT2D eigenvalue weighted by Gasteiger charge is 2.11. The number of aliphatic hydroxyl groups is 1. The number of phenols is 1. The summed E-state index contributed by atoms with van der Waals surface area (Å²) in [6, 6.07) is 3.03. The first kappa shape index (κ1) is 9.74. The lowest BCUT2D eigenvalue weighted by Crippen LogP contribution is -1.99. The molecule has 0 bridgehead atoms. The van der Waals surface area contributed by atoms with Crippen LogP contribution in [-0.2, 0) is 0 Å². The van der Waals surface area contributed by atoms with Crippen LogP contribution in [-0.4, -0.2) is 16.5 Å². The van der Waals surface area contributed by atoms with Crippen molar-refractivity contribution in [3.63, 3.8) is 0 Å². The molecular formula is C10H12O3. The molecule has 0 amide bonds. The Bertz CT molecular complexity index is 329. The highest BCUT2D eigenvalue weighted by Crippen LogP contribution is 2.25. The van der Waals surface area contributed by atoms with Crippen LogP contribution < -0.4 is 0 Å². The van der Waals surface area contributed by atoms with E-state index in [-0.39, 0.29) is 5.75 Å². The standard InChI is InChI=1S/C10H12O3/c1-6-9(5-11)8(7(2)12)3-4-10(6)13/h3-5,7,12-13H,1-2H3. The fourth-order valence-electron chi connectivity index (χ4n) is 1.26. The van der Waals surface area contributed by atoms with E-state index < -0.39 is 6.10 Å². The Morgan fingerprint density at radius 2 is 2.08 bits per heavy atom. The Morgan fingerprint density at radius 1 is 1.46 bits per heavy atom. The van der Waals surface area contributed by atoms with Crippen LogP contribution in [0.15, 0.2) is 12.1 Å². The van der Waals surface area contributed by atoms with E-state index in [0.717, 1.165) is 0 Å². The molecule has 0 aliphatic heterocycles. The maximum absolute atomic E-state index is 10.7. The van der Waals surface area contributed by atoms with Gasteiger partial charge in [0.2, 0.25) is 0 Å². The normalized spacial score (nSPS) is 12.5. The molecule has 0 saturated carbocycles. The highest BCUT2D eigenvalue weighted by atomic mass is 16.3. The topological polar surface area (TPSA) is 57.5 Å². The number of hydrogen-bond acceptors (Lipinski definition) is 3. The third-order valence-electron chi connectivity index (χ3n) is 2.09. The van der Waals surface area contributed by atoms with Gasteiger partial charge in [-0.2, -0.15) is 0 Å². The van der Waals surface area contributed by atoms with Crippen LogP contribution in [0.25, 0.3) is 0 Å². The van der Waals surface area contributed by atoms with E-state index in [1.54, 1.807) is 19.9 Å². The van der Waals surface area contributed by atoms with Crippen LogP contribution in [0.4, 0.5) is 0 Å². The first-order chi connectivity index (χ1) is 6.07. The van der Waals surface area contributed by atoms with E-state index in [1.807, 2.05) is 0 Å². The summed E-state index contributed by atoms with van der Waals surface area (Å²) in [5, 5.41) is 18.6. The summed E-state index contributed by atoms with van der Waals surface area (Å²) in [6.07, 6.45) is -0.0450. The van der Waals surface area contributed by atoms with Crippen LogP contribution in [0.1, 0.15) is 34.5 Å². The Kier molecular flexibility index (Phi) is 2.68. The van der Waals surface area contributed by atoms with E-state index >= 15 is 0 Å². The fraction of sp³-hybridized carbons (Fsp3) is 0.300. The van der Waals surface area contributed by atoms with Crippen molar-refractivity contribution < 1.29 is 15.0 Å². The van der Waals surface area contributed by atoms with Gasteiger partial charge in [-0.05, 0) is 25.5 Å². The lowest BCUT2D eigenvalue weighted by Gasteiger charge is -2.10. The van der Waals surface area contributed by atoms with Crippen molar-refractivity contribution >= 4 is 6.29 Å². The molecule has 0 radical (unpaired) electrons. The largest absolute Gasteiger partial charge is 0.508 e. The lowest BCUT2D eigenvalue weighted by molar-refractivity contribution is 0.111. The molecule has 2 N–H and O–H groups in total. The number of carbonyl (C=O) groups is 1. The summed E-state index contributed by atoms with van der Waals surface area (Å²) in [7, 11) is 0. The van der Waals surface area contributed by atoms with E-state index in [0.29, 0.717) is 23.0 Å². The molecule has 0 aliphatic carbocycles. The Hall–Kier alpha value is -1.35. The zero-order valence-corrected chi connectivity index (χ0v) is 7.61. The molecule has 13 heavy (non-hydrogen) atoms. The van der Waals surface area contributed by atoms with Crippen molar-refractivity contribution in [1.82, 2.24) is 0 Å². The number of benzene rings is 1. The van der Waals surface area contributed by atoms with Gasteiger partial charge in [-0.15, -0.1) is 0 Å². The van der Waals surface area contributed by atoms with Gasteiger partial charge in [0.05, 0.1) is 6.10 Å². The lowest BCUT2D eigenvalue weighted by atomic mass is 9.99. The number of hydrogen-bond donors (Lipinski definition) is 2. The quantitative estimate of drug-likeness (QED) is 0.679. The fourth-order valence-corrected chi connectivity index (χ4v) is 1.26. The summed E-state index contributed by atoms with van der Waals surface area (Å²) in [5.41, 5.74) is 1.42. The predicted molar refractivity (Wildman–Crippen MR) is 48.9 cm³/mol. The molecule has 0 spiro atoms. The van der Waals surface area contributed by atoms with Crippen molar-refractivity contribution in [1.29, 1.82) is 0 Å². The molecule has 0 heterocycles. The maximum atomic E-state index is 10.7. The van der Waals surface area contributed by atoms with Gasteiger partial charge in [-0.3, -0.25) is 4.79 Å². The Labute approximate surface area is 76.6 Å². The zero-order chi connectivity index (χ0) is 10.0. The van der Waals surface area contributed by atoms with Crippen molar-refractivity contribution in [2.75, 3.05) is 0 Å². The summed E-state index contributed by atoms with van der Waals surface area (Å²) < 4.78 is 0. The van der Waals surface area contributed by atoms with Gasteiger partial charge in [-0.1, -0.05) is 6.07 Å². The molecule has 1 atom stereocenters. The average molecular weight is 180 g/mol. The number of aldehydes is 1. The van der Waals surface area contributed by atoms with E-state index in [4.69, 9.17) is 0 Å². The highest BCUT2D eigenvalue weighted by molar-refractivity contribution is 5.81. The Morgan fingerprint density at radius 3 is 2.54 bits per heavy atom.